The van der Waals surface area contributed by atoms with Gasteiger partial charge >= 0.3 is 6.09 Å². The number of ether oxygens (including phenoxy) is 2. The number of amides is 3. The molecule has 3 amide bonds. The first-order chi connectivity index (χ1) is 17.8. The maximum atomic E-state index is 13.2. The van der Waals surface area contributed by atoms with Crippen molar-refractivity contribution in [2.45, 2.75) is 78.5 Å². The zero-order chi connectivity index (χ0) is 28.5. The molecule has 2 atom stereocenters. The summed E-state index contributed by atoms with van der Waals surface area (Å²) in [6, 6.07) is 9.17. The van der Waals surface area contributed by atoms with Gasteiger partial charge in [0.15, 0.2) is 0 Å². The minimum Gasteiger partial charge on any atom is -0.508 e. The van der Waals surface area contributed by atoms with Crippen LogP contribution in [0.4, 0.5) is 4.79 Å². The Hall–Kier alpha value is -3.75. The largest absolute Gasteiger partial charge is 0.508 e. The Labute approximate surface area is 225 Å². The minimum atomic E-state index is -0.989. The maximum absolute atomic E-state index is 13.2. The Morgan fingerprint density at radius 1 is 0.974 bits per heavy atom. The second kappa shape index (κ2) is 13.7. The lowest BCUT2D eigenvalue weighted by molar-refractivity contribution is -0.129. The second-order valence-electron chi connectivity index (χ2n) is 10.4. The molecule has 0 bridgehead atoms. The monoisotopic (exact) mass is 527 g/mol. The SMILES string of the molecule is COc1ccc(CCCNC(=O)[C@@H](C)NC(=O)[C@H](Cc2c(C)cc(O)cc2C)NC(=O)OC(C)(C)C)cc1. The number of aryl methyl sites for hydroxylation is 3. The van der Waals surface area contributed by atoms with Gasteiger partial charge in [-0.3, -0.25) is 9.59 Å². The van der Waals surface area contributed by atoms with Crippen LogP contribution in [0.15, 0.2) is 36.4 Å². The first kappa shape index (κ1) is 30.5. The molecule has 0 aliphatic rings. The topological polar surface area (TPSA) is 126 Å². The number of phenolic OH excluding ortho intramolecular Hbond substituents is 1. The van der Waals surface area contributed by atoms with Crippen LogP contribution >= 0.6 is 0 Å². The summed E-state index contributed by atoms with van der Waals surface area (Å²) >= 11 is 0. The van der Waals surface area contributed by atoms with Crippen LogP contribution < -0.4 is 20.7 Å². The Morgan fingerprint density at radius 2 is 1.58 bits per heavy atom. The molecule has 0 unspecified atom stereocenters. The van der Waals surface area contributed by atoms with Gasteiger partial charge in [-0.1, -0.05) is 12.1 Å². The molecule has 38 heavy (non-hydrogen) atoms. The van der Waals surface area contributed by atoms with E-state index in [4.69, 9.17) is 9.47 Å². The summed E-state index contributed by atoms with van der Waals surface area (Å²) in [5.74, 6) is 0.0914. The summed E-state index contributed by atoms with van der Waals surface area (Å²) in [6.07, 6.45) is 0.959. The summed E-state index contributed by atoms with van der Waals surface area (Å²) in [5.41, 5.74) is 2.78. The number of benzene rings is 2. The molecule has 0 fully saturated rings. The molecule has 0 heterocycles. The maximum Gasteiger partial charge on any atom is 0.408 e. The molecule has 0 aliphatic carbocycles. The van der Waals surface area contributed by atoms with Gasteiger partial charge in [0.2, 0.25) is 11.8 Å². The van der Waals surface area contributed by atoms with E-state index < -0.39 is 29.7 Å². The van der Waals surface area contributed by atoms with Gasteiger partial charge < -0.3 is 30.5 Å². The number of carbonyl (C=O) groups is 3. The van der Waals surface area contributed by atoms with Crippen LogP contribution in [0.5, 0.6) is 11.5 Å². The van der Waals surface area contributed by atoms with Crippen molar-refractivity contribution < 1.29 is 29.0 Å². The number of nitrogens with one attached hydrogen (secondary N) is 3. The highest BCUT2D eigenvalue weighted by Crippen LogP contribution is 2.22. The molecule has 9 heteroatoms. The zero-order valence-electron chi connectivity index (χ0n) is 23.4. The number of hydrogen-bond donors (Lipinski definition) is 4. The van der Waals surface area contributed by atoms with Crippen LogP contribution in [0.1, 0.15) is 56.4 Å². The predicted octanol–water partition coefficient (Wildman–Crippen LogP) is 3.71. The molecule has 2 aromatic rings. The van der Waals surface area contributed by atoms with Crippen LogP contribution in [-0.2, 0) is 27.2 Å². The van der Waals surface area contributed by atoms with Gasteiger partial charge in [-0.05, 0) is 101 Å². The van der Waals surface area contributed by atoms with Crippen LogP contribution in [-0.4, -0.2) is 54.4 Å². The average molecular weight is 528 g/mol. The number of hydrogen-bond acceptors (Lipinski definition) is 6. The quantitative estimate of drug-likeness (QED) is 0.330. The molecule has 2 aromatic carbocycles. The first-order valence-corrected chi connectivity index (χ1v) is 12.8. The van der Waals surface area contributed by atoms with Crippen molar-refractivity contribution in [1.82, 2.24) is 16.0 Å². The van der Waals surface area contributed by atoms with E-state index in [9.17, 15) is 19.5 Å². The third-order valence-corrected chi connectivity index (χ3v) is 5.95. The van der Waals surface area contributed by atoms with Crippen molar-refractivity contribution in [1.29, 1.82) is 0 Å². The van der Waals surface area contributed by atoms with Gasteiger partial charge in [-0.15, -0.1) is 0 Å². The molecule has 0 radical (unpaired) electrons. The van der Waals surface area contributed by atoms with E-state index >= 15 is 0 Å². The lowest BCUT2D eigenvalue weighted by Crippen LogP contribution is -2.54. The lowest BCUT2D eigenvalue weighted by atomic mass is 9.95. The van der Waals surface area contributed by atoms with Crippen LogP contribution in [0.3, 0.4) is 0 Å². The van der Waals surface area contributed by atoms with E-state index in [1.807, 2.05) is 38.1 Å². The Balaban J connectivity index is 1.99. The third kappa shape index (κ3) is 9.95. The smallest absolute Gasteiger partial charge is 0.408 e. The Bertz CT molecular complexity index is 1090. The van der Waals surface area contributed by atoms with Gasteiger partial charge in [0.05, 0.1) is 7.11 Å². The molecular formula is C29H41N3O6. The standard InChI is InChI=1S/C29H41N3O6/c1-18-15-22(33)16-19(2)24(18)17-25(32-28(36)38-29(4,5)6)27(35)31-20(3)26(34)30-14-8-9-21-10-12-23(37-7)13-11-21/h10-13,15-16,20,25,33H,8-9,14,17H2,1-7H3,(H,30,34)(H,31,35)(H,32,36)/t20-,25+/m1/s1. The van der Waals surface area contributed by atoms with Crippen molar-refractivity contribution in [2.24, 2.45) is 0 Å². The lowest BCUT2D eigenvalue weighted by Gasteiger charge is -2.25. The summed E-state index contributed by atoms with van der Waals surface area (Å²) in [7, 11) is 1.62. The fraction of sp³-hybridized carbons (Fsp3) is 0.483. The molecule has 0 aliphatic heterocycles. The van der Waals surface area contributed by atoms with E-state index in [0.29, 0.717) is 6.54 Å². The number of aromatic hydroxyl groups is 1. The average Bonchev–Trinajstić information content (AvgIpc) is 2.82. The number of carbonyl (C=O) groups excluding carboxylic acids is 3. The Kier molecular flexibility index (Phi) is 11.0. The molecule has 2 rings (SSSR count). The molecule has 0 saturated carbocycles. The zero-order valence-corrected chi connectivity index (χ0v) is 23.4. The van der Waals surface area contributed by atoms with Crippen molar-refractivity contribution in [3.05, 3.63) is 58.7 Å². The molecule has 4 N–H and O–H groups in total. The fourth-order valence-corrected chi connectivity index (χ4v) is 3.98. The van der Waals surface area contributed by atoms with Gasteiger partial charge in [-0.2, -0.15) is 0 Å². The molecule has 9 nitrogen and oxygen atoms in total. The van der Waals surface area contributed by atoms with E-state index in [0.717, 1.165) is 40.8 Å². The van der Waals surface area contributed by atoms with Gasteiger partial charge in [-0.25, -0.2) is 4.79 Å². The highest BCUT2D eigenvalue weighted by Gasteiger charge is 2.28. The van der Waals surface area contributed by atoms with Crippen molar-refractivity contribution in [3.63, 3.8) is 0 Å². The van der Waals surface area contributed by atoms with Gasteiger partial charge in [0.1, 0.15) is 29.2 Å². The highest BCUT2D eigenvalue weighted by molar-refractivity contribution is 5.91. The van der Waals surface area contributed by atoms with Gasteiger partial charge in [0.25, 0.3) is 0 Å². The number of rotatable bonds is 11. The van der Waals surface area contributed by atoms with Crippen LogP contribution in [0, 0.1) is 13.8 Å². The second-order valence-corrected chi connectivity index (χ2v) is 10.4. The third-order valence-electron chi connectivity index (χ3n) is 5.95. The number of phenols is 1. The Morgan fingerprint density at radius 3 is 2.13 bits per heavy atom. The van der Waals surface area contributed by atoms with Crippen LogP contribution in [0.25, 0.3) is 0 Å². The fourth-order valence-electron chi connectivity index (χ4n) is 3.98. The molecule has 0 spiro atoms. The minimum absolute atomic E-state index is 0.127. The van der Waals surface area contributed by atoms with E-state index in [2.05, 4.69) is 16.0 Å². The highest BCUT2D eigenvalue weighted by atomic mass is 16.6. The van der Waals surface area contributed by atoms with Gasteiger partial charge in [0, 0.05) is 13.0 Å². The summed E-state index contributed by atoms with van der Waals surface area (Å²) in [4.78, 5) is 38.3. The van der Waals surface area contributed by atoms with E-state index in [1.165, 1.54) is 0 Å². The predicted molar refractivity (Wildman–Crippen MR) is 146 cm³/mol. The molecular weight excluding hydrogens is 486 g/mol. The molecule has 0 aromatic heterocycles. The number of methoxy groups -OCH3 is 1. The summed E-state index contributed by atoms with van der Waals surface area (Å²) in [6.45, 7) is 10.9. The van der Waals surface area contributed by atoms with E-state index in [1.54, 1.807) is 46.9 Å². The molecule has 208 valence electrons. The summed E-state index contributed by atoms with van der Waals surface area (Å²) in [5, 5.41) is 18.1. The molecule has 0 saturated heterocycles. The van der Waals surface area contributed by atoms with Crippen molar-refractivity contribution in [3.8, 4) is 11.5 Å². The normalized spacial score (nSPS) is 12.7. The van der Waals surface area contributed by atoms with Crippen molar-refractivity contribution in [2.75, 3.05) is 13.7 Å². The first-order valence-electron chi connectivity index (χ1n) is 12.8. The van der Waals surface area contributed by atoms with E-state index in [-0.39, 0.29) is 18.1 Å². The van der Waals surface area contributed by atoms with Crippen molar-refractivity contribution >= 4 is 17.9 Å². The van der Waals surface area contributed by atoms with Crippen LogP contribution in [0.2, 0.25) is 0 Å². The number of alkyl carbamates (subject to hydrolysis) is 1. The summed E-state index contributed by atoms with van der Waals surface area (Å²) < 4.78 is 10.5.